The smallest absolute Gasteiger partial charge is 0.151 e. The van der Waals surface area contributed by atoms with E-state index < -0.39 is 0 Å². The Morgan fingerprint density at radius 3 is 2.53 bits per heavy atom. The Balaban J connectivity index is 2.06. The van der Waals surface area contributed by atoms with Gasteiger partial charge in [0, 0.05) is 43.7 Å². The Labute approximate surface area is 101 Å². The van der Waals surface area contributed by atoms with E-state index >= 15 is 0 Å². The Kier molecular flexibility index (Phi) is 3.17. The average molecular weight is 233 g/mol. The van der Waals surface area contributed by atoms with Crippen LogP contribution in [0, 0.1) is 13.8 Å². The third-order valence-electron chi connectivity index (χ3n) is 2.83. The molecule has 2 heterocycles. The van der Waals surface area contributed by atoms with E-state index in [0.29, 0.717) is 0 Å². The number of rotatable bonds is 4. The lowest BCUT2D eigenvalue weighted by Gasteiger charge is -2.02. The predicted molar refractivity (Wildman–Crippen MR) is 67.9 cm³/mol. The van der Waals surface area contributed by atoms with E-state index in [2.05, 4.69) is 35.6 Å². The maximum atomic E-state index is 4.46. The van der Waals surface area contributed by atoms with E-state index in [1.807, 2.05) is 29.5 Å². The minimum atomic E-state index is 0.765. The summed E-state index contributed by atoms with van der Waals surface area (Å²) in [5.41, 5.74) is 3.44. The first-order valence-electron chi connectivity index (χ1n) is 5.87. The van der Waals surface area contributed by atoms with Crippen LogP contribution in [-0.4, -0.2) is 19.6 Å². The second-order valence-electron chi connectivity index (χ2n) is 4.28. The molecule has 5 nitrogen and oxygen atoms in total. The first-order valence-corrected chi connectivity index (χ1v) is 5.87. The molecule has 0 unspecified atom stereocenters. The number of anilines is 1. The standard InChI is InChI=1S/C12H19N5/c1-5-17-7-9(2)12(15-17)13-6-11-8-16(4)14-10(11)3/h7-8H,5-6H2,1-4H3,(H,13,15). The second kappa shape index (κ2) is 4.61. The molecule has 0 saturated carbocycles. The third kappa shape index (κ3) is 2.49. The van der Waals surface area contributed by atoms with Crippen LogP contribution in [0.4, 0.5) is 5.82 Å². The number of aryl methyl sites for hydroxylation is 4. The van der Waals surface area contributed by atoms with E-state index in [1.54, 1.807) is 0 Å². The molecule has 2 aromatic rings. The van der Waals surface area contributed by atoms with E-state index in [0.717, 1.165) is 24.6 Å². The maximum absolute atomic E-state index is 4.46. The van der Waals surface area contributed by atoms with Crippen LogP contribution in [-0.2, 0) is 20.1 Å². The second-order valence-corrected chi connectivity index (χ2v) is 4.28. The molecule has 0 aliphatic carbocycles. The number of nitrogens with zero attached hydrogens (tertiary/aromatic N) is 4. The molecule has 0 spiro atoms. The molecule has 17 heavy (non-hydrogen) atoms. The summed E-state index contributed by atoms with van der Waals surface area (Å²) in [7, 11) is 1.94. The van der Waals surface area contributed by atoms with Gasteiger partial charge in [0.1, 0.15) is 0 Å². The molecule has 5 heteroatoms. The van der Waals surface area contributed by atoms with Crippen molar-refractivity contribution in [2.45, 2.75) is 33.9 Å². The fraction of sp³-hybridized carbons (Fsp3) is 0.500. The predicted octanol–water partition coefficient (Wildman–Crippen LogP) is 1.87. The average Bonchev–Trinajstić information content (AvgIpc) is 2.79. The van der Waals surface area contributed by atoms with Gasteiger partial charge in [0.2, 0.25) is 0 Å². The number of hydrogen-bond donors (Lipinski definition) is 1. The number of hydrogen-bond acceptors (Lipinski definition) is 3. The Hall–Kier alpha value is -1.78. The highest BCUT2D eigenvalue weighted by Crippen LogP contribution is 2.13. The van der Waals surface area contributed by atoms with Gasteiger partial charge in [0.05, 0.1) is 5.69 Å². The summed E-state index contributed by atoms with van der Waals surface area (Å²) < 4.78 is 3.78. The first-order chi connectivity index (χ1) is 8.10. The zero-order valence-corrected chi connectivity index (χ0v) is 10.9. The van der Waals surface area contributed by atoms with Gasteiger partial charge in [-0.3, -0.25) is 9.36 Å². The topological polar surface area (TPSA) is 47.7 Å². The zero-order valence-electron chi connectivity index (χ0n) is 10.9. The van der Waals surface area contributed by atoms with Crippen LogP contribution in [0.25, 0.3) is 0 Å². The molecule has 92 valence electrons. The highest BCUT2D eigenvalue weighted by Gasteiger charge is 2.06. The fourth-order valence-corrected chi connectivity index (χ4v) is 1.86. The van der Waals surface area contributed by atoms with Gasteiger partial charge in [-0.1, -0.05) is 0 Å². The fourth-order valence-electron chi connectivity index (χ4n) is 1.86. The highest BCUT2D eigenvalue weighted by atomic mass is 15.3. The maximum Gasteiger partial charge on any atom is 0.151 e. The summed E-state index contributed by atoms with van der Waals surface area (Å²) in [6.45, 7) is 7.84. The van der Waals surface area contributed by atoms with E-state index in [4.69, 9.17) is 0 Å². The normalized spacial score (nSPS) is 10.8. The van der Waals surface area contributed by atoms with Crippen LogP contribution in [0.15, 0.2) is 12.4 Å². The Morgan fingerprint density at radius 1 is 1.24 bits per heavy atom. The minimum absolute atomic E-state index is 0.765. The summed E-state index contributed by atoms with van der Waals surface area (Å²) in [6.07, 6.45) is 4.09. The lowest BCUT2D eigenvalue weighted by molar-refractivity contribution is 0.660. The molecular weight excluding hydrogens is 214 g/mol. The third-order valence-corrected chi connectivity index (χ3v) is 2.83. The SMILES string of the molecule is CCn1cc(C)c(NCc2cn(C)nc2C)n1. The summed E-state index contributed by atoms with van der Waals surface area (Å²) in [5.74, 6) is 0.954. The molecule has 1 N–H and O–H groups in total. The van der Waals surface area contributed by atoms with Gasteiger partial charge >= 0.3 is 0 Å². The lowest BCUT2D eigenvalue weighted by atomic mass is 10.2. The molecule has 0 aliphatic heterocycles. The first kappa shape index (κ1) is 11.7. The van der Waals surface area contributed by atoms with Crippen molar-refractivity contribution < 1.29 is 0 Å². The van der Waals surface area contributed by atoms with Gasteiger partial charge in [-0.15, -0.1) is 0 Å². The van der Waals surface area contributed by atoms with Crippen LogP contribution < -0.4 is 5.32 Å². The lowest BCUT2D eigenvalue weighted by Crippen LogP contribution is -2.02. The summed E-state index contributed by atoms with van der Waals surface area (Å²) in [5, 5.41) is 12.1. The van der Waals surface area contributed by atoms with Crippen LogP contribution in [0.3, 0.4) is 0 Å². The van der Waals surface area contributed by atoms with Crippen molar-refractivity contribution in [2.75, 3.05) is 5.32 Å². The number of aromatic nitrogens is 4. The molecule has 2 rings (SSSR count). The summed E-state index contributed by atoms with van der Waals surface area (Å²) >= 11 is 0. The summed E-state index contributed by atoms with van der Waals surface area (Å²) in [4.78, 5) is 0. The quantitative estimate of drug-likeness (QED) is 0.877. The van der Waals surface area contributed by atoms with Gasteiger partial charge in [0.15, 0.2) is 5.82 Å². The number of nitrogens with one attached hydrogen (secondary N) is 1. The molecule has 0 aromatic carbocycles. The van der Waals surface area contributed by atoms with Crippen molar-refractivity contribution in [2.24, 2.45) is 7.05 Å². The van der Waals surface area contributed by atoms with Crippen molar-refractivity contribution >= 4 is 5.82 Å². The van der Waals surface area contributed by atoms with E-state index in [9.17, 15) is 0 Å². The van der Waals surface area contributed by atoms with Gasteiger partial charge in [-0.2, -0.15) is 10.2 Å². The largest absolute Gasteiger partial charge is 0.364 e. The molecule has 0 fully saturated rings. The monoisotopic (exact) mass is 233 g/mol. The van der Waals surface area contributed by atoms with Crippen molar-refractivity contribution in [1.29, 1.82) is 0 Å². The molecule has 0 bridgehead atoms. The molecule has 0 atom stereocenters. The van der Waals surface area contributed by atoms with E-state index in [-0.39, 0.29) is 0 Å². The van der Waals surface area contributed by atoms with Gasteiger partial charge in [-0.05, 0) is 20.8 Å². The van der Waals surface area contributed by atoms with Gasteiger partial charge in [-0.25, -0.2) is 0 Å². The van der Waals surface area contributed by atoms with Crippen molar-refractivity contribution in [3.05, 3.63) is 29.2 Å². The molecule has 0 radical (unpaired) electrons. The molecule has 0 aliphatic rings. The Bertz CT molecular complexity index is 509. The van der Waals surface area contributed by atoms with Gasteiger partial charge in [0.25, 0.3) is 0 Å². The Morgan fingerprint density at radius 2 is 2.00 bits per heavy atom. The molecule has 0 saturated heterocycles. The van der Waals surface area contributed by atoms with Crippen LogP contribution in [0.5, 0.6) is 0 Å². The molecule has 2 aromatic heterocycles. The van der Waals surface area contributed by atoms with Crippen LogP contribution >= 0.6 is 0 Å². The molecular formula is C12H19N5. The zero-order chi connectivity index (χ0) is 12.4. The van der Waals surface area contributed by atoms with E-state index in [1.165, 1.54) is 11.1 Å². The minimum Gasteiger partial charge on any atom is -0.364 e. The van der Waals surface area contributed by atoms with Crippen LogP contribution in [0.2, 0.25) is 0 Å². The van der Waals surface area contributed by atoms with Crippen molar-refractivity contribution in [3.63, 3.8) is 0 Å². The van der Waals surface area contributed by atoms with Gasteiger partial charge < -0.3 is 5.32 Å². The highest BCUT2D eigenvalue weighted by molar-refractivity contribution is 5.42. The van der Waals surface area contributed by atoms with Crippen molar-refractivity contribution in [1.82, 2.24) is 19.6 Å². The molecule has 0 amide bonds. The van der Waals surface area contributed by atoms with Crippen LogP contribution in [0.1, 0.15) is 23.7 Å². The summed E-state index contributed by atoms with van der Waals surface area (Å²) in [6, 6.07) is 0. The van der Waals surface area contributed by atoms with Crippen molar-refractivity contribution in [3.8, 4) is 0 Å².